The molecule has 0 aromatic carbocycles. The Labute approximate surface area is 120 Å². The molecule has 0 atom stereocenters. The molecule has 0 saturated heterocycles. The van der Waals surface area contributed by atoms with Gasteiger partial charge in [-0.1, -0.05) is 0 Å². The number of aromatic carboxylic acids is 1. The summed E-state index contributed by atoms with van der Waals surface area (Å²) in [4.78, 5) is 27.7. The van der Waals surface area contributed by atoms with E-state index in [1.54, 1.807) is 20.2 Å². The van der Waals surface area contributed by atoms with Crippen LogP contribution in [0, 0.1) is 0 Å². The molecule has 2 heterocycles. The average molecular weight is 288 g/mol. The van der Waals surface area contributed by atoms with E-state index in [1.165, 1.54) is 29.3 Å². The Morgan fingerprint density at radius 1 is 1.19 bits per heavy atom. The van der Waals surface area contributed by atoms with Gasteiger partial charge in [-0.05, 0) is 18.2 Å². The number of carboxylic acid groups (broad SMARTS) is 1. The van der Waals surface area contributed by atoms with Crippen LogP contribution in [0.25, 0.3) is 0 Å². The van der Waals surface area contributed by atoms with E-state index in [0.717, 1.165) is 0 Å². The number of ether oxygens (including phenoxy) is 1. The summed E-state index contributed by atoms with van der Waals surface area (Å²) < 4.78 is 5.32. The molecular formula is C13H12N4O4. The molecule has 0 unspecified atom stereocenters. The van der Waals surface area contributed by atoms with Crippen molar-refractivity contribution in [2.45, 2.75) is 0 Å². The molecule has 21 heavy (non-hydrogen) atoms. The monoisotopic (exact) mass is 288 g/mol. The van der Waals surface area contributed by atoms with Gasteiger partial charge in [0, 0.05) is 26.4 Å². The van der Waals surface area contributed by atoms with Crippen molar-refractivity contribution >= 4 is 11.9 Å². The molecule has 8 nitrogen and oxygen atoms in total. The van der Waals surface area contributed by atoms with Crippen molar-refractivity contribution < 1.29 is 19.4 Å². The summed E-state index contributed by atoms with van der Waals surface area (Å²) in [6.07, 6.45) is 1.35. The molecule has 0 aliphatic carbocycles. The van der Waals surface area contributed by atoms with Gasteiger partial charge in [0.25, 0.3) is 5.91 Å². The van der Waals surface area contributed by atoms with Gasteiger partial charge in [0.15, 0.2) is 17.1 Å². The first-order valence-electron chi connectivity index (χ1n) is 5.90. The normalized spacial score (nSPS) is 10.0. The Morgan fingerprint density at radius 3 is 2.52 bits per heavy atom. The van der Waals surface area contributed by atoms with Crippen molar-refractivity contribution in [3.8, 4) is 11.6 Å². The summed E-state index contributed by atoms with van der Waals surface area (Å²) in [5.74, 6) is -1.38. The number of pyridine rings is 1. The quantitative estimate of drug-likeness (QED) is 0.896. The van der Waals surface area contributed by atoms with Crippen molar-refractivity contribution in [3.63, 3.8) is 0 Å². The van der Waals surface area contributed by atoms with Crippen molar-refractivity contribution in [1.82, 2.24) is 20.1 Å². The largest absolute Gasteiger partial charge is 0.476 e. The smallest absolute Gasteiger partial charge is 0.358 e. The highest BCUT2D eigenvalue weighted by molar-refractivity contribution is 5.91. The van der Waals surface area contributed by atoms with E-state index in [1.807, 2.05) is 0 Å². The lowest BCUT2D eigenvalue weighted by Gasteiger charge is -2.09. The van der Waals surface area contributed by atoms with Gasteiger partial charge in [-0.2, -0.15) is 0 Å². The number of carbonyl (C=O) groups excluding carboxylic acids is 1. The standard InChI is InChI=1S/C13H12N4O4/c1-17(2)12(18)8-5-6-10(16-15-8)21-9-4-3-7-14-11(9)13(19)20/h3-7H,1-2H3,(H,19,20). The zero-order chi connectivity index (χ0) is 15.4. The maximum absolute atomic E-state index is 11.7. The van der Waals surface area contributed by atoms with E-state index < -0.39 is 5.97 Å². The van der Waals surface area contributed by atoms with Gasteiger partial charge in [0.2, 0.25) is 5.88 Å². The molecule has 2 aromatic rings. The zero-order valence-corrected chi connectivity index (χ0v) is 11.3. The Hall–Kier alpha value is -3.03. The van der Waals surface area contributed by atoms with Gasteiger partial charge in [-0.25, -0.2) is 9.78 Å². The van der Waals surface area contributed by atoms with Crippen LogP contribution in [0.15, 0.2) is 30.5 Å². The highest BCUT2D eigenvalue weighted by Gasteiger charge is 2.15. The Morgan fingerprint density at radius 2 is 1.95 bits per heavy atom. The Balaban J connectivity index is 2.22. The number of carbonyl (C=O) groups is 2. The van der Waals surface area contributed by atoms with Gasteiger partial charge in [-0.3, -0.25) is 4.79 Å². The molecule has 0 fully saturated rings. The van der Waals surface area contributed by atoms with Crippen LogP contribution in [0.1, 0.15) is 21.0 Å². The fourth-order valence-corrected chi connectivity index (χ4v) is 1.46. The lowest BCUT2D eigenvalue weighted by molar-refractivity contribution is 0.0687. The molecule has 2 aromatic heterocycles. The maximum atomic E-state index is 11.7. The Bertz CT molecular complexity index is 670. The average Bonchev–Trinajstić information content (AvgIpc) is 2.47. The van der Waals surface area contributed by atoms with Crippen LogP contribution >= 0.6 is 0 Å². The number of hydrogen-bond donors (Lipinski definition) is 1. The van der Waals surface area contributed by atoms with Crippen molar-refractivity contribution in [2.24, 2.45) is 0 Å². The van der Waals surface area contributed by atoms with E-state index >= 15 is 0 Å². The summed E-state index contributed by atoms with van der Waals surface area (Å²) in [6, 6.07) is 5.87. The van der Waals surface area contributed by atoms with Gasteiger partial charge in [0.05, 0.1) is 0 Å². The van der Waals surface area contributed by atoms with Crippen LogP contribution in [0.2, 0.25) is 0 Å². The molecule has 0 aliphatic rings. The molecule has 0 spiro atoms. The minimum absolute atomic E-state index is 0.0472. The minimum atomic E-state index is -1.21. The summed E-state index contributed by atoms with van der Waals surface area (Å²) in [5, 5.41) is 16.5. The SMILES string of the molecule is CN(C)C(=O)c1ccc(Oc2cccnc2C(=O)O)nn1. The van der Waals surface area contributed by atoms with E-state index in [2.05, 4.69) is 15.2 Å². The third-order valence-corrected chi connectivity index (χ3v) is 2.45. The van der Waals surface area contributed by atoms with Crippen LogP contribution in [0.5, 0.6) is 11.6 Å². The second kappa shape index (κ2) is 5.95. The predicted octanol–water partition coefficient (Wildman–Crippen LogP) is 1.06. The van der Waals surface area contributed by atoms with Crippen molar-refractivity contribution in [2.75, 3.05) is 14.1 Å². The Kier molecular flexibility index (Phi) is 4.07. The third-order valence-electron chi connectivity index (χ3n) is 2.45. The molecule has 1 N–H and O–H groups in total. The van der Waals surface area contributed by atoms with Crippen LogP contribution in [0.3, 0.4) is 0 Å². The molecule has 0 saturated carbocycles. The highest BCUT2D eigenvalue weighted by Crippen LogP contribution is 2.21. The maximum Gasteiger partial charge on any atom is 0.358 e. The third kappa shape index (κ3) is 3.30. The van der Waals surface area contributed by atoms with Crippen LogP contribution in [-0.4, -0.2) is 51.2 Å². The van der Waals surface area contributed by atoms with Crippen molar-refractivity contribution in [3.05, 3.63) is 41.9 Å². The first-order chi connectivity index (χ1) is 9.99. The number of aromatic nitrogens is 3. The lowest BCUT2D eigenvalue weighted by atomic mass is 10.3. The second-order valence-electron chi connectivity index (χ2n) is 4.21. The van der Waals surface area contributed by atoms with E-state index in [-0.39, 0.29) is 28.9 Å². The predicted molar refractivity (Wildman–Crippen MR) is 71.3 cm³/mol. The molecule has 0 aliphatic heterocycles. The number of rotatable bonds is 4. The number of nitrogens with zero attached hydrogens (tertiary/aromatic N) is 4. The lowest BCUT2D eigenvalue weighted by Crippen LogP contribution is -2.23. The van der Waals surface area contributed by atoms with Crippen LogP contribution < -0.4 is 4.74 Å². The number of carboxylic acids is 1. The highest BCUT2D eigenvalue weighted by atomic mass is 16.5. The van der Waals surface area contributed by atoms with E-state index in [0.29, 0.717) is 0 Å². The summed E-state index contributed by atoms with van der Waals surface area (Å²) >= 11 is 0. The fraction of sp³-hybridized carbons (Fsp3) is 0.154. The van der Waals surface area contributed by atoms with Gasteiger partial charge in [-0.15, -0.1) is 10.2 Å². The van der Waals surface area contributed by atoms with Crippen molar-refractivity contribution in [1.29, 1.82) is 0 Å². The fourth-order valence-electron chi connectivity index (χ4n) is 1.46. The van der Waals surface area contributed by atoms with E-state index in [4.69, 9.17) is 9.84 Å². The van der Waals surface area contributed by atoms with Crippen LogP contribution in [0.4, 0.5) is 0 Å². The van der Waals surface area contributed by atoms with Gasteiger partial charge in [0.1, 0.15) is 0 Å². The number of hydrogen-bond acceptors (Lipinski definition) is 6. The summed E-state index contributed by atoms with van der Waals surface area (Å²) in [5.41, 5.74) is -0.0651. The summed E-state index contributed by atoms with van der Waals surface area (Å²) in [7, 11) is 3.20. The van der Waals surface area contributed by atoms with E-state index in [9.17, 15) is 9.59 Å². The van der Waals surface area contributed by atoms with Crippen LogP contribution in [-0.2, 0) is 0 Å². The minimum Gasteiger partial charge on any atom is -0.476 e. The van der Waals surface area contributed by atoms with Gasteiger partial charge >= 0.3 is 5.97 Å². The molecule has 0 radical (unpaired) electrons. The first-order valence-corrected chi connectivity index (χ1v) is 5.90. The number of amides is 1. The molecular weight excluding hydrogens is 276 g/mol. The summed E-state index contributed by atoms with van der Waals surface area (Å²) in [6.45, 7) is 0. The molecule has 1 amide bonds. The molecule has 0 bridgehead atoms. The van der Waals surface area contributed by atoms with Gasteiger partial charge < -0.3 is 14.7 Å². The zero-order valence-electron chi connectivity index (χ0n) is 11.3. The molecule has 2 rings (SSSR count). The second-order valence-corrected chi connectivity index (χ2v) is 4.21. The topological polar surface area (TPSA) is 106 Å². The molecule has 108 valence electrons. The molecule has 8 heteroatoms. The first kappa shape index (κ1) is 14.4.